The summed E-state index contributed by atoms with van der Waals surface area (Å²) < 4.78 is 60.4. The summed E-state index contributed by atoms with van der Waals surface area (Å²) in [5.74, 6) is -4.24. The maximum atomic E-state index is 13.8. The lowest BCUT2D eigenvalue weighted by molar-refractivity contribution is -0.113. The van der Waals surface area contributed by atoms with Gasteiger partial charge in [0.05, 0.1) is 0 Å². The fraction of sp³-hybridized carbons (Fsp3) is 0.273. The number of hydrogen-bond donors (Lipinski definition) is 1. The molecule has 3 aromatic rings. The molecule has 0 bridgehead atoms. The lowest BCUT2D eigenvalue weighted by Crippen LogP contribution is -2.39. The Morgan fingerprint density at radius 3 is 1.88 bits per heavy atom. The maximum Gasteiger partial charge on any atom is 0.251 e. The Morgan fingerprint density at radius 1 is 0.810 bits per heavy atom. The van der Waals surface area contributed by atoms with Crippen molar-refractivity contribution in [2.45, 2.75) is 31.7 Å². The minimum absolute atomic E-state index is 0.135. The predicted octanol–water partition coefficient (Wildman–Crippen LogP) is 6.35. The van der Waals surface area contributed by atoms with Gasteiger partial charge >= 0.3 is 0 Å². The maximum absolute atomic E-state index is 13.8. The van der Waals surface area contributed by atoms with E-state index in [0.717, 1.165) is 43.9 Å². The lowest BCUT2D eigenvalue weighted by Gasteiger charge is -2.27. The predicted molar refractivity (Wildman–Crippen MR) is 152 cm³/mol. The van der Waals surface area contributed by atoms with Gasteiger partial charge in [0.1, 0.15) is 12.4 Å². The zero-order valence-electron chi connectivity index (χ0n) is 22.8. The van der Waals surface area contributed by atoms with Gasteiger partial charge in [-0.2, -0.15) is 0 Å². The van der Waals surface area contributed by atoms with Crippen molar-refractivity contribution >= 4 is 23.8 Å². The molecule has 9 heteroatoms. The first-order valence-electron chi connectivity index (χ1n) is 13.9. The highest BCUT2D eigenvalue weighted by Crippen LogP contribution is 2.30. The van der Waals surface area contributed by atoms with Crippen molar-refractivity contribution in [3.63, 3.8) is 0 Å². The van der Waals surface area contributed by atoms with Gasteiger partial charge in [-0.3, -0.25) is 14.5 Å². The number of likely N-dealkylation sites (tertiary alicyclic amines) is 1. The Labute approximate surface area is 241 Å². The molecule has 0 spiro atoms. The number of ketones is 1. The largest absolute Gasteiger partial charge is 0.492 e. The fourth-order valence-electron chi connectivity index (χ4n) is 5.22. The van der Waals surface area contributed by atoms with Crippen LogP contribution in [0.3, 0.4) is 0 Å². The number of carbonyl (C=O) groups excluding carboxylic acids is 2. The molecule has 3 aromatic carbocycles. The van der Waals surface area contributed by atoms with E-state index in [4.69, 9.17) is 4.74 Å². The second-order valence-corrected chi connectivity index (χ2v) is 10.5. The number of nitrogens with zero attached hydrogens (tertiary/aromatic N) is 1. The number of carbonyl (C=O) groups is 2. The van der Waals surface area contributed by atoms with Crippen molar-refractivity contribution in [1.82, 2.24) is 10.2 Å². The van der Waals surface area contributed by atoms with Gasteiger partial charge in [-0.1, -0.05) is 12.1 Å². The van der Waals surface area contributed by atoms with E-state index in [1.54, 1.807) is 24.3 Å². The van der Waals surface area contributed by atoms with Gasteiger partial charge in [-0.25, -0.2) is 17.6 Å². The second-order valence-electron chi connectivity index (χ2n) is 10.5. The molecule has 1 aliphatic carbocycles. The minimum Gasteiger partial charge on any atom is -0.492 e. The van der Waals surface area contributed by atoms with E-state index in [9.17, 15) is 27.2 Å². The van der Waals surface area contributed by atoms with Crippen LogP contribution in [-0.4, -0.2) is 48.9 Å². The molecule has 1 saturated carbocycles. The van der Waals surface area contributed by atoms with Crippen molar-refractivity contribution in [3.8, 4) is 5.75 Å². The number of amides is 1. The van der Waals surface area contributed by atoms with E-state index < -0.39 is 29.3 Å². The van der Waals surface area contributed by atoms with Crippen LogP contribution in [-0.2, 0) is 4.79 Å². The fourth-order valence-corrected chi connectivity index (χ4v) is 5.22. The lowest BCUT2D eigenvalue weighted by atomic mass is 9.83. The Bertz CT molecular complexity index is 1460. The van der Waals surface area contributed by atoms with Gasteiger partial charge in [0.2, 0.25) is 0 Å². The number of nitrogens with one attached hydrogen (secondary N) is 1. The Hall–Kier alpha value is -4.24. The van der Waals surface area contributed by atoms with E-state index in [0.29, 0.717) is 17.9 Å². The van der Waals surface area contributed by atoms with Crippen LogP contribution >= 0.6 is 0 Å². The molecule has 1 saturated heterocycles. The Kier molecular flexibility index (Phi) is 9.17. The number of hydrogen-bond acceptors (Lipinski definition) is 4. The summed E-state index contributed by atoms with van der Waals surface area (Å²) in [4.78, 5) is 28.8. The van der Waals surface area contributed by atoms with E-state index in [2.05, 4.69) is 10.2 Å². The number of ether oxygens (including phenoxy) is 1. The topological polar surface area (TPSA) is 58.6 Å². The summed E-state index contributed by atoms with van der Waals surface area (Å²) in [7, 11) is 0. The van der Waals surface area contributed by atoms with Crippen molar-refractivity contribution in [3.05, 3.63) is 112 Å². The number of Topliss-reactive ketones (excluding diaryl/α,β-unsaturated/α-hetero) is 1. The molecule has 0 aromatic heterocycles. The van der Waals surface area contributed by atoms with Crippen molar-refractivity contribution in [2.24, 2.45) is 0 Å². The van der Waals surface area contributed by atoms with Crippen LogP contribution in [0.2, 0.25) is 0 Å². The van der Waals surface area contributed by atoms with Gasteiger partial charge in [0.15, 0.2) is 29.1 Å². The summed E-state index contributed by atoms with van der Waals surface area (Å²) in [5, 5.41) is 2.94. The van der Waals surface area contributed by atoms with Crippen molar-refractivity contribution in [2.75, 3.05) is 26.2 Å². The molecule has 0 atom stereocenters. The molecule has 5 nitrogen and oxygen atoms in total. The molecule has 1 N–H and O–H groups in total. The molecule has 5 rings (SSSR count). The molecule has 2 fully saturated rings. The van der Waals surface area contributed by atoms with Crippen LogP contribution in [0.15, 0.2) is 71.8 Å². The van der Waals surface area contributed by atoms with Crippen molar-refractivity contribution < 1.29 is 31.9 Å². The first kappa shape index (κ1) is 29.3. The van der Waals surface area contributed by atoms with Gasteiger partial charge in [-0.15, -0.1) is 0 Å². The van der Waals surface area contributed by atoms with Crippen LogP contribution in [0.25, 0.3) is 12.2 Å². The van der Waals surface area contributed by atoms with E-state index >= 15 is 0 Å². The smallest absolute Gasteiger partial charge is 0.251 e. The molecule has 2 aliphatic rings. The molecule has 1 amide bonds. The van der Waals surface area contributed by atoms with E-state index in [1.165, 1.54) is 37.1 Å². The van der Waals surface area contributed by atoms with Crippen LogP contribution in [0.1, 0.15) is 47.2 Å². The number of benzene rings is 3. The molecular formula is C33H30F4N2O3. The average molecular weight is 579 g/mol. The highest BCUT2D eigenvalue weighted by Gasteiger charge is 2.29. The van der Waals surface area contributed by atoms with Crippen LogP contribution in [0.4, 0.5) is 17.6 Å². The van der Waals surface area contributed by atoms with E-state index in [-0.39, 0.29) is 46.8 Å². The first-order chi connectivity index (χ1) is 20.2. The normalized spacial score (nSPS) is 19.4. The number of halogens is 4. The van der Waals surface area contributed by atoms with Gasteiger partial charge < -0.3 is 10.1 Å². The van der Waals surface area contributed by atoms with Gasteiger partial charge in [0, 0.05) is 29.3 Å². The van der Waals surface area contributed by atoms with Gasteiger partial charge in [-0.05, 0) is 111 Å². The third-order valence-corrected chi connectivity index (χ3v) is 7.41. The third kappa shape index (κ3) is 7.33. The van der Waals surface area contributed by atoms with E-state index in [1.807, 2.05) is 0 Å². The van der Waals surface area contributed by atoms with Gasteiger partial charge in [0.25, 0.3) is 5.91 Å². The monoisotopic (exact) mass is 578 g/mol. The van der Waals surface area contributed by atoms with Crippen LogP contribution in [0, 0.1) is 23.3 Å². The molecule has 0 radical (unpaired) electrons. The highest BCUT2D eigenvalue weighted by atomic mass is 19.2. The van der Waals surface area contributed by atoms with Crippen molar-refractivity contribution in [1.29, 1.82) is 0 Å². The standard InChI is InChI=1S/C33H30F4N2O3/c34-28-9-3-21(17-30(28)36)15-24-19-26(20-25(32(24)40)16-22-4-10-29(35)31(37)18-22)38-33(41)23-5-7-27(8-6-23)42-14-13-39-11-1-2-12-39/h3-10,15-18,26H,1-2,11-14,19-20H2,(H,38,41)/b24-15+,25-16+. The third-order valence-electron chi connectivity index (χ3n) is 7.41. The summed E-state index contributed by atoms with van der Waals surface area (Å²) in [6.07, 6.45) is 5.58. The Balaban J connectivity index is 1.32. The minimum atomic E-state index is -1.06. The molecule has 1 aliphatic heterocycles. The molecular weight excluding hydrogens is 548 g/mol. The van der Waals surface area contributed by atoms with Crippen LogP contribution in [0.5, 0.6) is 5.75 Å². The average Bonchev–Trinajstić information content (AvgIpc) is 3.49. The zero-order chi connectivity index (χ0) is 29.6. The van der Waals surface area contributed by atoms with Crippen LogP contribution < -0.4 is 10.1 Å². The molecule has 1 heterocycles. The SMILES string of the molecule is O=C1/C(=C/c2ccc(F)c(F)c2)CC(NC(=O)c2ccc(OCCN3CCCC3)cc2)C/C1=C\c1ccc(F)c(F)c1. The highest BCUT2D eigenvalue weighted by molar-refractivity contribution is 6.14. The molecule has 218 valence electrons. The summed E-state index contributed by atoms with van der Waals surface area (Å²) in [5.41, 5.74) is 1.46. The second kappa shape index (κ2) is 13.2. The Morgan fingerprint density at radius 2 is 1.36 bits per heavy atom. The zero-order valence-corrected chi connectivity index (χ0v) is 22.8. The quantitative estimate of drug-likeness (QED) is 0.250. The molecule has 0 unspecified atom stereocenters. The summed E-state index contributed by atoms with van der Waals surface area (Å²) in [6.45, 7) is 3.58. The first-order valence-corrected chi connectivity index (χ1v) is 13.9. The molecule has 42 heavy (non-hydrogen) atoms. The summed E-state index contributed by atoms with van der Waals surface area (Å²) in [6, 6.07) is 12.8. The summed E-state index contributed by atoms with van der Waals surface area (Å²) >= 11 is 0. The number of rotatable bonds is 8.